The number of benzene rings is 1. The molecule has 0 radical (unpaired) electrons. The van der Waals surface area contributed by atoms with E-state index in [9.17, 15) is 19.5 Å². The normalized spacial score (nSPS) is 17.9. The van der Waals surface area contributed by atoms with Crippen LogP contribution in [0, 0.1) is 5.92 Å². The van der Waals surface area contributed by atoms with Crippen LogP contribution in [0.1, 0.15) is 16.8 Å². The van der Waals surface area contributed by atoms with Gasteiger partial charge >= 0.3 is 5.97 Å². The second-order valence-electron chi connectivity index (χ2n) is 4.23. The zero-order valence-corrected chi connectivity index (χ0v) is 9.84. The Kier molecular flexibility index (Phi) is 3.37. The maximum absolute atomic E-state index is 11.8. The summed E-state index contributed by atoms with van der Waals surface area (Å²) in [6.45, 7) is 0.272. The number of aromatic carboxylic acids is 1. The molecule has 1 aliphatic rings. The lowest BCUT2D eigenvalue weighted by Crippen LogP contribution is -2.24. The number of carboxylic acid groups (broad SMARTS) is 1. The summed E-state index contributed by atoms with van der Waals surface area (Å²) >= 11 is 0. The van der Waals surface area contributed by atoms with E-state index in [1.54, 1.807) is 0 Å². The zero-order chi connectivity index (χ0) is 14.0. The summed E-state index contributed by atoms with van der Waals surface area (Å²) in [4.78, 5) is 33.6. The second kappa shape index (κ2) is 4.97. The van der Waals surface area contributed by atoms with Crippen molar-refractivity contribution in [2.24, 2.45) is 5.92 Å². The molecule has 1 fully saturated rings. The minimum Gasteiger partial charge on any atom is -0.507 e. The summed E-state index contributed by atoms with van der Waals surface area (Å²) in [5.74, 6) is -2.67. The van der Waals surface area contributed by atoms with Gasteiger partial charge in [0.25, 0.3) is 0 Å². The average molecular weight is 264 g/mol. The molecular formula is C12H12N2O5. The first-order chi connectivity index (χ1) is 8.97. The van der Waals surface area contributed by atoms with Crippen LogP contribution in [0.5, 0.6) is 5.75 Å². The molecule has 1 atom stereocenters. The number of phenols is 1. The van der Waals surface area contributed by atoms with Gasteiger partial charge in [-0.25, -0.2) is 4.79 Å². The highest BCUT2D eigenvalue weighted by Crippen LogP contribution is 2.22. The van der Waals surface area contributed by atoms with Gasteiger partial charge in [-0.1, -0.05) is 0 Å². The molecule has 1 unspecified atom stereocenters. The van der Waals surface area contributed by atoms with Gasteiger partial charge in [-0.05, 0) is 18.2 Å². The quantitative estimate of drug-likeness (QED) is 0.580. The summed E-state index contributed by atoms with van der Waals surface area (Å²) in [6, 6.07) is 3.75. The maximum Gasteiger partial charge on any atom is 0.339 e. The van der Waals surface area contributed by atoms with E-state index in [-0.39, 0.29) is 41.8 Å². The highest BCUT2D eigenvalue weighted by Gasteiger charge is 2.28. The molecule has 0 aromatic heterocycles. The number of hydrogen-bond donors (Lipinski definition) is 4. The summed E-state index contributed by atoms with van der Waals surface area (Å²) in [7, 11) is 0. The van der Waals surface area contributed by atoms with Crippen molar-refractivity contribution >= 4 is 23.5 Å². The van der Waals surface area contributed by atoms with Crippen LogP contribution in [0.25, 0.3) is 0 Å². The van der Waals surface area contributed by atoms with Gasteiger partial charge < -0.3 is 20.8 Å². The summed E-state index contributed by atoms with van der Waals surface area (Å²) in [6.07, 6.45) is 0.121. The predicted molar refractivity (Wildman–Crippen MR) is 64.8 cm³/mol. The minimum absolute atomic E-state index is 0.121. The molecule has 7 nitrogen and oxygen atoms in total. The lowest BCUT2D eigenvalue weighted by atomic mass is 10.1. The first-order valence-electron chi connectivity index (χ1n) is 5.61. The fourth-order valence-corrected chi connectivity index (χ4v) is 1.82. The Hall–Kier alpha value is -2.57. The Morgan fingerprint density at radius 2 is 2.11 bits per heavy atom. The van der Waals surface area contributed by atoms with Crippen molar-refractivity contribution in [3.05, 3.63) is 23.8 Å². The van der Waals surface area contributed by atoms with Gasteiger partial charge in [0.2, 0.25) is 11.8 Å². The van der Waals surface area contributed by atoms with Gasteiger partial charge in [0.05, 0.1) is 5.92 Å². The van der Waals surface area contributed by atoms with Gasteiger partial charge in [-0.2, -0.15) is 0 Å². The van der Waals surface area contributed by atoms with Crippen LogP contribution in [0.3, 0.4) is 0 Å². The molecule has 2 rings (SSSR count). The minimum atomic E-state index is -1.29. The molecule has 100 valence electrons. The molecule has 4 N–H and O–H groups in total. The van der Waals surface area contributed by atoms with Crippen molar-refractivity contribution in [2.45, 2.75) is 6.42 Å². The molecule has 1 aliphatic heterocycles. The van der Waals surface area contributed by atoms with E-state index >= 15 is 0 Å². The molecule has 1 saturated heterocycles. The van der Waals surface area contributed by atoms with Crippen molar-refractivity contribution in [3.8, 4) is 5.75 Å². The van der Waals surface area contributed by atoms with E-state index in [0.717, 1.165) is 0 Å². The highest BCUT2D eigenvalue weighted by atomic mass is 16.4. The third-order valence-corrected chi connectivity index (χ3v) is 2.84. The number of aromatic hydroxyl groups is 1. The van der Waals surface area contributed by atoms with E-state index in [1.807, 2.05) is 0 Å². The van der Waals surface area contributed by atoms with Crippen LogP contribution in [0.15, 0.2) is 18.2 Å². The van der Waals surface area contributed by atoms with Crippen molar-refractivity contribution in [1.29, 1.82) is 0 Å². The van der Waals surface area contributed by atoms with E-state index < -0.39 is 11.9 Å². The number of carboxylic acids is 1. The molecule has 0 saturated carbocycles. The zero-order valence-electron chi connectivity index (χ0n) is 9.84. The van der Waals surface area contributed by atoms with Crippen LogP contribution < -0.4 is 10.6 Å². The van der Waals surface area contributed by atoms with Gasteiger partial charge in [0, 0.05) is 18.7 Å². The number of carbonyl (C=O) groups is 3. The number of nitrogens with one attached hydrogen (secondary N) is 2. The fourth-order valence-electron chi connectivity index (χ4n) is 1.82. The van der Waals surface area contributed by atoms with Crippen LogP contribution in [0.4, 0.5) is 5.69 Å². The average Bonchev–Trinajstić information content (AvgIpc) is 2.78. The molecule has 1 aromatic rings. The standard InChI is InChI=1S/C12H12N2O5/c15-9-2-1-7(4-8(9)12(18)19)14-11(17)6-3-10(16)13-5-6/h1-2,4,6,15H,3,5H2,(H,13,16)(H,14,17)(H,18,19). The van der Waals surface area contributed by atoms with Crippen molar-refractivity contribution in [2.75, 3.05) is 11.9 Å². The Labute approximate surface area is 108 Å². The van der Waals surface area contributed by atoms with Crippen LogP contribution in [-0.4, -0.2) is 34.5 Å². The highest BCUT2D eigenvalue weighted by molar-refractivity contribution is 5.99. The molecule has 7 heteroatoms. The van der Waals surface area contributed by atoms with Crippen molar-refractivity contribution in [1.82, 2.24) is 5.32 Å². The van der Waals surface area contributed by atoms with E-state index in [4.69, 9.17) is 5.11 Å². The molecule has 0 aliphatic carbocycles. The molecule has 1 aromatic carbocycles. The molecular weight excluding hydrogens is 252 g/mol. The van der Waals surface area contributed by atoms with Gasteiger partial charge in [-0.3, -0.25) is 9.59 Å². The lowest BCUT2D eigenvalue weighted by molar-refractivity contribution is -0.123. The Balaban J connectivity index is 2.11. The Morgan fingerprint density at radius 1 is 1.37 bits per heavy atom. The summed E-state index contributed by atoms with van der Waals surface area (Å²) in [5.41, 5.74) is -0.0297. The molecule has 2 amide bonds. The SMILES string of the molecule is O=C1CC(C(=O)Nc2ccc(O)c(C(=O)O)c2)CN1. The first kappa shape index (κ1) is 12.9. The van der Waals surface area contributed by atoms with E-state index in [2.05, 4.69) is 10.6 Å². The summed E-state index contributed by atoms with van der Waals surface area (Å²) in [5, 5.41) is 23.2. The van der Waals surface area contributed by atoms with Gasteiger partial charge in [-0.15, -0.1) is 0 Å². The fraction of sp³-hybridized carbons (Fsp3) is 0.250. The number of rotatable bonds is 3. The Morgan fingerprint density at radius 3 is 2.68 bits per heavy atom. The van der Waals surface area contributed by atoms with Crippen molar-refractivity contribution < 1.29 is 24.6 Å². The number of carbonyl (C=O) groups excluding carboxylic acids is 2. The third-order valence-electron chi connectivity index (χ3n) is 2.84. The number of hydrogen-bond acceptors (Lipinski definition) is 4. The topological polar surface area (TPSA) is 116 Å². The van der Waals surface area contributed by atoms with Crippen LogP contribution in [0.2, 0.25) is 0 Å². The van der Waals surface area contributed by atoms with Crippen molar-refractivity contribution in [3.63, 3.8) is 0 Å². The third kappa shape index (κ3) is 2.82. The first-order valence-corrected chi connectivity index (χ1v) is 5.61. The Bertz CT molecular complexity index is 555. The number of amides is 2. The monoisotopic (exact) mass is 264 g/mol. The maximum atomic E-state index is 11.8. The largest absolute Gasteiger partial charge is 0.507 e. The smallest absolute Gasteiger partial charge is 0.339 e. The molecule has 0 bridgehead atoms. The van der Waals surface area contributed by atoms with E-state index in [1.165, 1.54) is 18.2 Å². The van der Waals surface area contributed by atoms with E-state index in [0.29, 0.717) is 0 Å². The predicted octanol–water partition coefficient (Wildman–Crippen LogP) is 0.165. The van der Waals surface area contributed by atoms with Crippen LogP contribution >= 0.6 is 0 Å². The summed E-state index contributed by atoms with van der Waals surface area (Å²) < 4.78 is 0. The second-order valence-corrected chi connectivity index (χ2v) is 4.23. The molecule has 0 spiro atoms. The molecule has 19 heavy (non-hydrogen) atoms. The lowest BCUT2D eigenvalue weighted by Gasteiger charge is -2.10. The van der Waals surface area contributed by atoms with Gasteiger partial charge in [0.1, 0.15) is 11.3 Å². The molecule has 1 heterocycles. The number of anilines is 1. The van der Waals surface area contributed by atoms with Gasteiger partial charge in [0.15, 0.2) is 0 Å². The van der Waals surface area contributed by atoms with Crippen LogP contribution in [-0.2, 0) is 9.59 Å².